The molecule has 2 heterocycles. The van der Waals surface area contributed by atoms with Crippen molar-refractivity contribution in [2.24, 2.45) is 0 Å². The number of aliphatic hydroxyl groups is 2. The molecule has 0 spiro atoms. The van der Waals surface area contributed by atoms with Gasteiger partial charge in [-0.3, -0.25) is 19.4 Å². The van der Waals surface area contributed by atoms with Crippen LogP contribution in [-0.2, 0) is 19.1 Å². The van der Waals surface area contributed by atoms with Gasteiger partial charge in [-0.15, -0.1) is 22.7 Å². The van der Waals surface area contributed by atoms with Crippen molar-refractivity contribution < 1.29 is 57.8 Å². The molecule has 8 aromatic rings. The molecule has 0 saturated heterocycles. The Balaban J connectivity index is 1.21. The predicted molar refractivity (Wildman–Crippen MR) is 284 cm³/mol. The summed E-state index contributed by atoms with van der Waals surface area (Å²) in [6.07, 6.45) is -4.44. The summed E-state index contributed by atoms with van der Waals surface area (Å²) in [5.41, 5.74) is -8.85. The summed E-state index contributed by atoms with van der Waals surface area (Å²) in [5, 5.41) is 33.8. The van der Waals surface area contributed by atoms with E-state index in [2.05, 4.69) is 0 Å². The van der Waals surface area contributed by atoms with Crippen LogP contribution < -0.4 is 18.9 Å². The predicted octanol–water partition coefficient (Wildman–Crippen LogP) is 9.94. The van der Waals surface area contributed by atoms with E-state index in [4.69, 9.17) is 28.4 Å². The number of thiophene rings is 2. The quantitative estimate of drug-likeness (QED) is 0.0269. The van der Waals surface area contributed by atoms with Crippen LogP contribution in [0.2, 0.25) is 0 Å². The standard InChI is InChI=1S/C58H56N2O12S2/c1-59(2)51(35-47(49-23-13-33-73-49)69-45-21-11-17-37-15-7-9-19-43(37)45)71-55(63)57(65,53(61)39-25-29-41(67-5)30-26-39)58(66,54(62)40-27-31-42(68-6)32-28-40)56(64)72-52(60(3)4)36-48(50-24-14-34-74-50)70-46-22-12-18-38-16-8-10-20-44(38)46/h7-34,47-48,51-52,65-66H,35-36H2,1-6H3/t47-,48-,51?,52?,57?,58?/m1/s1. The second kappa shape index (κ2) is 23.2. The molecule has 16 heteroatoms. The number of Topliss-reactive ketones (excluding diaryl/α,β-unsaturated/α-hetero) is 2. The summed E-state index contributed by atoms with van der Waals surface area (Å²) in [6.45, 7) is 0. The van der Waals surface area contributed by atoms with Gasteiger partial charge in [-0.1, -0.05) is 84.9 Å². The number of nitrogens with zero attached hydrogens (tertiary/aromatic N) is 2. The number of carbonyl (C=O) groups is 4. The lowest BCUT2D eigenvalue weighted by Gasteiger charge is -2.40. The summed E-state index contributed by atoms with van der Waals surface area (Å²) >= 11 is 2.80. The maximum Gasteiger partial charge on any atom is 0.352 e. The van der Waals surface area contributed by atoms with Crippen molar-refractivity contribution in [2.45, 2.75) is 48.7 Å². The number of rotatable bonds is 23. The molecule has 0 radical (unpaired) electrons. The maximum absolute atomic E-state index is 15.4. The van der Waals surface area contributed by atoms with Crippen molar-refractivity contribution in [3.8, 4) is 23.0 Å². The molecule has 0 aliphatic rings. The highest BCUT2D eigenvalue weighted by Gasteiger charge is 2.71. The van der Waals surface area contributed by atoms with E-state index in [-0.39, 0.29) is 24.0 Å². The van der Waals surface area contributed by atoms with Crippen molar-refractivity contribution in [1.82, 2.24) is 9.80 Å². The van der Waals surface area contributed by atoms with Crippen molar-refractivity contribution in [1.29, 1.82) is 0 Å². The normalized spacial score (nSPS) is 14.8. The molecule has 6 aromatic carbocycles. The van der Waals surface area contributed by atoms with E-state index in [1.54, 1.807) is 28.2 Å². The average molecular weight is 1040 g/mol. The van der Waals surface area contributed by atoms with Crippen LogP contribution in [0.5, 0.6) is 23.0 Å². The molecule has 4 unspecified atom stereocenters. The minimum atomic E-state index is -4.04. The topological polar surface area (TPSA) is 171 Å². The minimum absolute atomic E-state index is 0.103. The van der Waals surface area contributed by atoms with E-state index in [0.717, 1.165) is 31.3 Å². The molecule has 0 amide bonds. The average Bonchev–Trinajstić information content (AvgIpc) is 4.18. The Hall–Kier alpha value is -7.44. The van der Waals surface area contributed by atoms with Crippen LogP contribution >= 0.6 is 22.7 Å². The fourth-order valence-electron chi connectivity index (χ4n) is 8.52. The Labute approximate surface area is 436 Å². The largest absolute Gasteiger partial charge is 0.497 e. The van der Waals surface area contributed by atoms with E-state index < -0.39 is 59.4 Å². The van der Waals surface area contributed by atoms with Crippen LogP contribution in [0.25, 0.3) is 21.5 Å². The summed E-state index contributed by atoms with van der Waals surface area (Å²) in [6, 6.07) is 44.4. The van der Waals surface area contributed by atoms with Gasteiger partial charge in [0.25, 0.3) is 11.2 Å². The molecule has 74 heavy (non-hydrogen) atoms. The first-order valence-electron chi connectivity index (χ1n) is 23.6. The highest BCUT2D eigenvalue weighted by Crippen LogP contribution is 2.40. The third-order valence-corrected chi connectivity index (χ3v) is 14.6. The lowest BCUT2D eigenvalue weighted by atomic mass is 9.72. The second-order valence-corrected chi connectivity index (χ2v) is 19.8. The van der Waals surface area contributed by atoms with Gasteiger partial charge >= 0.3 is 11.9 Å². The SMILES string of the molecule is COc1ccc(C(=O)C(O)(C(=O)OC(C[C@@H](Oc2cccc3ccccc23)c2cccs2)N(C)C)C(O)(C(=O)OC(C[C@@H](Oc2cccc3ccccc23)c2cccs2)N(C)C)C(=O)c2ccc(OC)cc2)cc1. The first-order valence-corrected chi connectivity index (χ1v) is 25.3. The number of hydrogen-bond acceptors (Lipinski definition) is 16. The van der Waals surface area contributed by atoms with Gasteiger partial charge in [-0.2, -0.15) is 0 Å². The molecule has 2 aromatic heterocycles. The Morgan fingerprint density at radius 3 is 1.19 bits per heavy atom. The highest BCUT2D eigenvalue weighted by molar-refractivity contribution is 7.10. The Morgan fingerprint density at radius 1 is 0.486 bits per heavy atom. The van der Waals surface area contributed by atoms with Gasteiger partial charge in [0, 0.05) is 44.5 Å². The van der Waals surface area contributed by atoms with E-state index in [1.165, 1.54) is 95.2 Å². The fraction of sp³-hybridized carbons (Fsp3) is 0.241. The van der Waals surface area contributed by atoms with Crippen LogP contribution in [0.3, 0.4) is 0 Å². The van der Waals surface area contributed by atoms with Gasteiger partial charge in [-0.25, -0.2) is 9.59 Å². The number of ether oxygens (including phenoxy) is 6. The van der Waals surface area contributed by atoms with Crippen molar-refractivity contribution >= 4 is 67.7 Å². The third kappa shape index (κ3) is 11.1. The third-order valence-electron chi connectivity index (χ3n) is 12.7. The van der Waals surface area contributed by atoms with Gasteiger partial charge in [0.15, 0.2) is 12.5 Å². The number of ketones is 2. The summed E-state index contributed by atoms with van der Waals surface area (Å²) in [5.74, 6) is -5.08. The first-order chi connectivity index (χ1) is 35.7. The zero-order valence-electron chi connectivity index (χ0n) is 41.6. The molecule has 0 aliphatic carbocycles. The van der Waals surface area contributed by atoms with E-state index in [9.17, 15) is 10.2 Å². The smallest absolute Gasteiger partial charge is 0.352 e. The number of hydrogen-bond donors (Lipinski definition) is 2. The van der Waals surface area contributed by atoms with Gasteiger partial charge in [0.05, 0.1) is 14.2 Å². The lowest BCUT2D eigenvalue weighted by Crippen LogP contribution is -2.73. The molecule has 382 valence electrons. The Bertz CT molecular complexity index is 2980. The number of fused-ring (bicyclic) bond motifs is 2. The van der Waals surface area contributed by atoms with Gasteiger partial charge in [-0.05, 0) is 123 Å². The molecule has 0 fully saturated rings. The summed E-state index contributed by atoms with van der Waals surface area (Å²) in [7, 11) is 9.19. The highest BCUT2D eigenvalue weighted by atomic mass is 32.1. The van der Waals surface area contributed by atoms with Gasteiger partial charge in [0.1, 0.15) is 35.2 Å². The van der Waals surface area contributed by atoms with Crippen LogP contribution in [0.4, 0.5) is 0 Å². The molecule has 14 nitrogen and oxygen atoms in total. The number of benzene rings is 6. The zero-order valence-corrected chi connectivity index (χ0v) is 43.2. The molecular weight excluding hydrogens is 981 g/mol. The minimum Gasteiger partial charge on any atom is -0.497 e. The molecule has 2 N–H and O–H groups in total. The second-order valence-electron chi connectivity index (χ2n) is 17.9. The molecule has 6 atom stereocenters. The molecule has 8 rings (SSSR count). The summed E-state index contributed by atoms with van der Waals surface area (Å²) < 4.78 is 36.4. The van der Waals surface area contributed by atoms with Gasteiger partial charge in [0.2, 0.25) is 11.6 Å². The monoisotopic (exact) mass is 1040 g/mol. The number of carbonyl (C=O) groups excluding carboxylic acids is 4. The first kappa shape index (κ1) is 52.9. The molecule has 0 bridgehead atoms. The van der Waals surface area contributed by atoms with E-state index >= 15 is 19.2 Å². The van der Waals surface area contributed by atoms with Crippen molar-refractivity contribution in [3.63, 3.8) is 0 Å². The lowest BCUT2D eigenvalue weighted by molar-refractivity contribution is -0.208. The molecule has 0 saturated carbocycles. The van der Waals surface area contributed by atoms with Crippen LogP contribution in [0, 0.1) is 0 Å². The van der Waals surface area contributed by atoms with E-state index in [1.807, 2.05) is 120 Å². The zero-order chi connectivity index (χ0) is 52.6. The molecule has 0 aliphatic heterocycles. The number of methoxy groups -OCH3 is 2. The van der Waals surface area contributed by atoms with Crippen molar-refractivity contribution in [3.05, 3.63) is 189 Å². The maximum atomic E-state index is 15.4. The van der Waals surface area contributed by atoms with Crippen LogP contribution in [-0.4, -0.2) is 110 Å². The number of esters is 2. The van der Waals surface area contributed by atoms with Crippen LogP contribution in [0.1, 0.15) is 55.5 Å². The Kier molecular flexibility index (Phi) is 16.6. The van der Waals surface area contributed by atoms with Gasteiger partial charge < -0.3 is 38.6 Å². The Morgan fingerprint density at radius 2 is 0.851 bits per heavy atom. The summed E-state index contributed by atoms with van der Waals surface area (Å²) in [4.78, 5) is 65.9. The molecular formula is C58H56N2O12S2. The van der Waals surface area contributed by atoms with Crippen LogP contribution in [0.15, 0.2) is 168 Å². The fourth-order valence-corrected chi connectivity index (χ4v) is 10.1. The van der Waals surface area contributed by atoms with E-state index in [0.29, 0.717) is 23.0 Å². The van der Waals surface area contributed by atoms with Crippen molar-refractivity contribution in [2.75, 3.05) is 42.4 Å².